The summed E-state index contributed by atoms with van der Waals surface area (Å²) in [6, 6.07) is -0.299. The lowest BCUT2D eigenvalue weighted by molar-refractivity contribution is -0.129. The van der Waals surface area contributed by atoms with E-state index < -0.39 is 0 Å². The number of imide groups is 1. The molecule has 0 bridgehead atoms. The monoisotopic (exact) mass is 293 g/mol. The Morgan fingerprint density at radius 1 is 1.48 bits per heavy atom. The van der Waals surface area contributed by atoms with Gasteiger partial charge in [-0.3, -0.25) is 14.6 Å². The number of carbonyl (C=O) groups is 2. The summed E-state index contributed by atoms with van der Waals surface area (Å²) in [4.78, 5) is 31.4. The van der Waals surface area contributed by atoms with E-state index in [-0.39, 0.29) is 24.5 Å². The highest BCUT2D eigenvalue weighted by Crippen LogP contribution is 2.29. The van der Waals surface area contributed by atoms with Gasteiger partial charge in [0.2, 0.25) is 11.8 Å². The molecule has 2 fully saturated rings. The van der Waals surface area contributed by atoms with Crippen molar-refractivity contribution in [2.75, 3.05) is 26.2 Å². The second-order valence-corrected chi connectivity index (χ2v) is 5.31. The Hall–Kier alpha value is -1.96. The number of likely N-dealkylation sites (tertiary alicyclic amines) is 1. The van der Waals surface area contributed by atoms with Crippen molar-refractivity contribution in [3.8, 4) is 0 Å². The molecule has 1 N–H and O–H groups in total. The highest BCUT2D eigenvalue weighted by Gasteiger charge is 2.34. The molecule has 0 radical (unpaired) electrons. The number of hydrogen-bond acceptors (Lipinski definition) is 6. The van der Waals surface area contributed by atoms with Crippen LogP contribution in [0.1, 0.15) is 37.5 Å². The topological polar surface area (TPSA) is 91.6 Å². The number of rotatable bonds is 4. The third kappa shape index (κ3) is 2.76. The molecule has 1 aromatic rings. The van der Waals surface area contributed by atoms with Crippen LogP contribution in [0, 0.1) is 0 Å². The molecule has 2 aliphatic heterocycles. The maximum absolute atomic E-state index is 12.2. The Bertz CT molecular complexity index is 544. The zero-order valence-corrected chi connectivity index (χ0v) is 12.0. The molecule has 1 aromatic heterocycles. The third-order valence-corrected chi connectivity index (χ3v) is 3.94. The summed E-state index contributed by atoms with van der Waals surface area (Å²) in [6.45, 7) is 3.95. The first kappa shape index (κ1) is 14.0. The van der Waals surface area contributed by atoms with Crippen LogP contribution >= 0.6 is 0 Å². The van der Waals surface area contributed by atoms with Gasteiger partial charge in [0, 0.05) is 19.5 Å². The van der Waals surface area contributed by atoms with Crippen molar-refractivity contribution in [3.63, 3.8) is 0 Å². The van der Waals surface area contributed by atoms with E-state index in [2.05, 4.69) is 15.5 Å². The lowest BCUT2D eigenvalue weighted by atomic mass is 10.2. The van der Waals surface area contributed by atoms with Gasteiger partial charge in [0.25, 0.3) is 0 Å². The second kappa shape index (κ2) is 5.80. The second-order valence-electron chi connectivity index (χ2n) is 5.31. The van der Waals surface area contributed by atoms with Gasteiger partial charge in [-0.05, 0) is 19.4 Å². The molecule has 2 aliphatic rings. The van der Waals surface area contributed by atoms with Crippen molar-refractivity contribution in [3.05, 3.63) is 11.7 Å². The molecule has 3 rings (SSSR count). The number of urea groups is 1. The Morgan fingerprint density at radius 3 is 3.00 bits per heavy atom. The summed E-state index contributed by atoms with van der Waals surface area (Å²) >= 11 is 0. The minimum atomic E-state index is -0.302. The normalized spacial score (nSPS) is 22.8. The van der Waals surface area contributed by atoms with Crippen LogP contribution in [0.4, 0.5) is 4.79 Å². The van der Waals surface area contributed by atoms with Gasteiger partial charge in [0.05, 0.1) is 12.6 Å². The van der Waals surface area contributed by atoms with Crippen molar-refractivity contribution in [2.45, 2.75) is 32.2 Å². The van der Waals surface area contributed by atoms with E-state index in [9.17, 15) is 9.59 Å². The average molecular weight is 293 g/mol. The van der Waals surface area contributed by atoms with Crippen molar-refractivity contribution in [1.29, 1.82) is 0 Å². The average Bonchev–Trinajstić information content (AvgIpc) is 3.17. The van der Waals surface area contributed by atoms with Crippen molar-refractivity contribution < 1.29 is 14.1 Å². The molecule has 0 spiro atoms. The van der Waals surface area contributed by atoms with Gasteiger partial charge >= 0.3 is 6.03 Å². The lowest BCUT2D eigenvalue weighted by Crippen LogP contribution is -2.41. The van der Waals surface area contributed by atoms with Crippen LogP contribution in [0.2, 0.25) is 0 Å². The molecule has 21 heavy (non-hydrogen) atoms. The molecule has 1 atom stereocenters. The molecule has 3 amide bonds. The number of carbonyl (C=O) groups excluding carboxylic acids is 2. The molecular weight excluding hydrogens is 274 g/mol. The molecule has 0 aliphatic carbocycles. The number of aromatic nitrogens is 2. The van der Waals surface area contributed by atoms with E-state index in [4.69, 9.17) is 4.52 Å². The maximum atomic E-state index is 12.2. The van der Waals surface area contributed by atoms with Crippen molar-refractivity contribution in [2.24, 2.45) is 0 Å². The lowest BCUT2D eigenvalue weighted by Gasteiger charge is -2.23. The van der Waals surface area contributed by atoms with Crippen LogP contribution in [0.3, 0.4) is 0 Å². The highest BCUT2D eigenvalue weighted by atomic mass is 16.5. The van der Waals surface area contributed by atoms with Gasteiger partial charge in [0.1, 0.15) is 0 Å². The minimum Gasteiger partial charge on any atom is -0.339 e. The van der Waals surface area contributed by atoms with Crippen molar-refractivity contribution >= 4 is 11.9 Å². The number of nitrogens with zero attached hydrogens (tertiary/aromatic N) is 4. The first-order valence-corrected chi connectivity index (χ1v) is 7.33. The van der Waals surface area contributed by atoms with Gasteiger partial charge in [-0.15, -0.1) is 0 Å². The Kier molecular flexibility index (Phi) is 3.87. The zero-order valence-electron chi connectivity index (χ0n) is 12.0. The van der Waals surface area contributed by atoms with Gasteiger partial charge in [-0.25, -0.2) is 4.79 Å². The fourth-order valence-corrected chi connectivity index (χ4v) is 2.82. The van der Waals surface area contributed by atoms with E-state index in [1.807, 2.05) is 11.8 Å². The maximum Gasteiger partial charge on any atom is 0.324 e. The van der Waals surface area contributed by atoms with E-state index >= 15 is 0 Å². The first-order chi connectivity index (χ1) is 10.2. The molecule has 2 saturated heterocycles. The number of hydrogen-bond donors (Lipinski definition) is 1. The van der Waals surface area contributed by atoms with Crippen LogP contribution in [0.5, 0.6) is 0 Å². The van der Waals surface area contributed by atoms with Gasteiger partial charge in [-0.2, -0.15) is 4.98 Å². The van der Waals surface area contributed by atoms with Crippen LogP contribution in [-0.4, -0.2) is 58.1 Å². The standard InChI is InChI=1S/C13H19N5O3/c1-2-10-15-12(16-21-10)9-4-3-6-17(9)8-11(19)18-7-5-14-13(18)20/h9H,2-8H2,1H3,(H,14,20). The summed E-state index contributed by atoms with van der Waals surface area (Å²) in [5.41, 5.74) is 0. The Morgan fingerprint density at radius 2 is 2.33 bits per heavy atom. The summed E-state index contributed by atoms with van der Waals surface area (Å²) in [6.07, 6.45) is 2.59. The van der Waals surface area contributed by atoms with Gasteiger partial charge < -0.3 is 9.84 Å². The zero-order chi connectivity index (χ0) is 14.8. The molecule has 114 valence electrons. The summed E-state index contributed by atoms with van der Waals surface area (Å²) < 4.78 is 5.15. The molecule has 8 heteroatoms. The van der Waals surface area contributed by atoms with Crippen molar-refractivity contribution in [1.82, 2.24) is 25.3 Å². The minimum absolute atomic E-state index is 0.00339. The van der Waals surface area contributed by atoms with Gasteiger partial charge in [0.15, 0.2) is 5.82 Å². The summed E-state index contributed by atoms with van der Waals surface area (Å²) in [5, 5.41) is 6.64. The molecule has 1 unspecified atom stereocenters. The summed E-state index contributed by atoms with van der Waals surface area (Å²) in [7, 11) is 0. The molecule has 0 aromatic carbocycles. The Labute approximate surface area is 122 Å². The number of nitrogens with one attached hydrogen (secondary N) is 1. The smallest absolute Gasteiger partial charge is 0.324 e. The SMILES string of the molecule is CCc1nc(C2CCCN2CC(=O)N2CCNC2=O)no1. The van der Waals surface area contributed by atoms with Crippen LogP contribution in [0.15, 0.2) is 4.52 Å². The quantitative estimate of drug-likeness (QED) is 0.859. The van der Waals surface area contributed by atoms with Crippen LogP contribution in [-0.2, 0) is 11.2 Å². The predicted octanol–water partition coefficient (Wildman–Crippen LogP) is 0.321. The fourth-order valence-electron chi connectivity index (χ4n) is 2.82. The van der Waals surface area contributed by atoms with E-state index in [0.717, 1.165) is 19.4 Å². The first-order valence-electron chi connectivity index (χ1n) is 7.33. The van der Waals surface area contributed by atoms with E-state index in [1.165, 1.54) is 4.90 Å². The fraction of sp³-hybridized carbons (Fsp3) is 0.692. The number of aryl methyl sites for hydroxylation is 1. The van der Waals surface area contributed by atoms with Gasteiger partial charge in [-0.1, -0.05) is 12.1 Å². The largest absolute Gasteiger partial charge is 0.339 e. The van der Waals surface area contributed by atoms with E-state index in [1.54, 1.807) is 0 Å². The summed E-state index contributed by atoms with van der Waals surface area (Å²) in [5.74, 6) is 1.08. The van der Waals surface area contributed by atoms with Crippen LogP contribution in [0.25, 0.3) is 0 Å². The van der Waals surface area contributed by atoms with E-state index in [0.29, 0.717) is 31.2 Å². The Balaban J connectivity index is 1.66. The number of amides is 3. The molecule has 3 heterocycles. The molecular formula is C13H19N5O3. The highest BCUT2D eigenvalue weighted by molar-refractivity contribution is 5.96. The molecule has 8 nitrogen and oxygen atoms in total. The third-order valence-electron chi connectivity index (χ3n) is 3.94. The molecule has 0 saturated carbocycles. The van der Waals surface area contributed by atoms with Crippen LogP contribution < -0.4 is 5.32 Å². The predicted molar refractivity (Wildman–Crippen MR) is 72.3 cm³/mol.